The molecule has 58 valence electrons. The third-order valence-corrected chi connectivity index (χ3v) is 1.17. The molecule has 0 bridgehead atoms. The van der Waals surface area contributed by atoms with E-state index >= 15 is 0 Å². The van der Waals surface area contributed by atoms with E-state index in [1.54, 1.807) is 0 Å². The van der Waals surface area contributed by atoms with E-state index in [0.717, 1.165) is 5.69 Å². The summed E-state index contributed by atoms with van der Waals surface area (Å²) in [6.07, 6.45) is 0. The van der Waals surface area contributed by atoms with Crippen LogP contribution >= 0.6 is 12.4 Å². The molecule has 0 aromatic heterocycles. The fourth-order valence-electron chi connectivity index (χ4n) is 0.662. The first-order valence-corrected chi connectivity index (χ1v) is 2.95. The van der Waals surface area contributed by atoms with Gasteiger partial charge in [-0.1, -0.05) is 5.69 Å². The molecule has 1 rings (SSSR count). The molecule has 0 spiro atoms. The quantitative estimate of drug-likeness (QED) is 0.518. The maximum atomic E-state index is 3.09. The van der Waals surface area contributed by atoms with Crippen molar-refractivity contribution in [2.75, 3.05) is 19.0 Å². The van der Waals surface area contributed by atoms with Crippen LogP contribution in [0, 0.1) is 6.07 Å². The van der Waals surface area contributed by atoms with Gasteiger partial charge < -0.3 is 4.90 Å². The molecule has 1 aromatic carbocycles. The molecule has 0 aliphatic carbocycles. The van der Waals surface area contributed by atoms with Gasteiger partial charge in [-0.15, -0.1) is 18.5 Å². The number of para-hydroxylation sites is 1. The SMILES string of the molecule is CN(C)c1[c-]cccc1.Cl.[Zn]. The topological polar surface area (TPSA) is 3.24 Å². The average Bonchev–Trinajstić information content (AvgIpc) is 1.90. The van der Waals surface area contributed by atoms with Gasteiger partial charge in [0.05, 0.1) is 0 Å². The Morgan fingerprint density at radius 2 is 1.91 bits per heavy atom. The molecular weight excluding hydrogens is 211 g/mol. The van der Waals surface area contributed by atoms with E-state index in [4.69, 9.17) is 0 Å². The molecule has 0 saturated carbocycles. The fraction of sp³-hybridized carbons (Fsp3) is 0.250. The summed E-state index contributed by atoms with van der Waals surface area (Å²) < 4.78 is 0. The monoisotopic (exact) mass is 220 g/mol. The van der Waals surface area contributed by atoms with Crippen molar-refractivity contribution < 1.29 is 19.5 Å². The van der Waals surface area contributed by atoms with Gasteiger partial charge in [-0.05, 0) is 0 Å². The minimum absolute atomic E-state index is 0. The minimum Gasteiger partial charge on any atom is -0.400 e. The van der Waals surface area contributed by atoms with Crippen molar-refractivity contribution in [3.05, 3.63) is 30.3 Å². The normalized spacial score (nSPS) is 7.45. The van der Waals surface area contributed by atoms with Crippen molar-refractivity contribution in [1.82, 2.24) is 0 Å². The number of benzene rings is 1. The van der Waals surface area contributed by atoms with Gasteiger partial charge >= 0.3 is 0 Å². The second-order valence-electron chi connectivity index (χ2n) is 2.14. The van der Waals surface area contributed by atoms with Gasteiger partial charge in [-0.2, -0.15) is 24.3 Å². The third kappa shape index (κ3) is 4.39. The predicted molar refractivity (Wildman–Crippen MR) is 46.9 cm³/mol. The number of hydrogen-bond donors (Lipinski definition) is 0. The molecule has 0 saturated heterocycles. The molecule has 11 heavy (non-hydrogen) atoms. The van der Waals surface area contributed by atoms with Gasteiger partial charge in [-0.3, -0.25) is 0 Å². The maximum Gasteiger partial charge on any atom is 0.00395 e. The second kappa shape index (κ2) is 6.63. The number of anilines is 1. The maximum absolute atomic E-state index is 3.09. The van der Waals surface area contributed by atoms with Crippen LogP contribution in [0.4, 0.5) is 5.69 Å². The first-order chi connectivity index (χ1) is 4.30. The van der Waals surface area contributed by atoms with E-state index in [9.17, 15) is 0 Å². The summed E-state index contributed by atoms with van der Waals surface area (Å²) >= 11 is 0. The zero-order valence-electron chi connectivity index (χ0n) is 6.87. The van der Waals surface area contributed by atoms with Crippen LogP contribution in [-0.4, -0.2) is 14.1 Å². The van der Waals surface area contributed by atoms with Gasteiger partial charge in [0, 0.05) is 33.6 Å². The average molecular weight is 222 g/mol. The summed E-state index contributed by atoms with van der Waals surface area (Å²) in [6, 6.07) is 11.0. The number of hydrogen-bond acceptors (Lipinski definition) is 1. The van der Waals surface area contributed by atoms with Crippen LogP contribution in [0.2, 0.25) is 0 Å². The number of rotatable bonds is 1. The molecule has 1 nitrogen and oxygen atoms in total. The molecular formula is C8H11ClNZn-. The van der Waals surface area contributed by atoms with E-state index in [1.165, 1.54) is 0 Å². The molecule has 0 heterocycles. The van der Waals surface area contributed by atoms with Crippen LogP contribution in [0.3, 0.4) is 0 Å². The Kier molecular flexibility index (Phi) is 8.15. The Morgan fingerprint density at radius 1 is 1.27 bits per heavy atom. The minimum atomic E-state index is 0. The molecule has 0 aliphatic rings. The van der Waals surface area contributed by atoms with Crippen LogP contribution in [0.5, 0.6) is 0 Å². The van der Waals surface area contributed by atoms with Gasteiger partial charge in [0.1, 0.15) is 0 Å². The van der Waals surface area contributed by atoms with E-state index in [2.05, 4.69) is 6.07 Å². The molecule has 0 fully saturated rings. The summed E-state index contributed by atoms with van der Waals surface area (Å²) in [5.41, 5.74) is 1.12. The summed E-state index contributed by atoms with van der Waals surface area (Å²) in [5.74, 6) is 0. The predicted octanol–water partition coefficient (Wildman–Crippen LogP) is 1.97. The molecule has 0 radical (unpaired) electrons. The number of nitrogens with zero attached hydrogens (tertiary/aromatic N) is 1. The Balaban J connectivity index is 0. The van der Waals surface area contributed by atoms with Crippen molar-refractivity contribution in [3.63, 3.8) is 0 Å². The van der Waals surface area contributed by atoms with Crippen LogP contribution in [-0.2, 0) is 19.5 Å². The van der Waals surface area contributed by atoms with Crippen molar-refractivity contribution >= 4 is 18.1 Å². The van der Waals surface area contributed by atoms with E-state index in [1.807, 2.05) is 43.3 Å². The van der Waals surface area contributed by atoms with E-state index in [-0.39, 0.29) is 31.9 Å². The van der Waals surface area contributed by atoms with Gasteiger partial charge in [0.15, 0.2) is 0 Å². The Morgan fingerprint density at radius 3 is 2.18 bits per heavy atom. The zero-order chi connectivity index (χ0) is 6.69. The van der Waals surface area contributed by atoms with Gasteiger partial charge in [0.25, 0.3) is 0 Å². The van der Waals surface area contributed by atoms with Crippen molar-refractivity contribution in [2.45, 2.75) is 0 Å². The number of halogens is 1. The van der Waals surface area contributed by atoms with Gasteiger partial charge in [0.2, 0.25) is 0 Å². The third-order valence-electron chi connectivity index (χ3n) is 1.17. The molecule has 3 heteroatoms. The molecule has 0 amide bonds. The van der Waals surface area contributed by atoms with E-state index in [0.29, 0.717) is 0 Å². The Labute approximate surface area is 87.0 Å². The zero-order valence-corrected chi connectivity index (χ0v) is 10.7. The molecule has 1 aromatic rings. The second-order valence-corrected chi connectivity index (χ2v) is 2.14. The van der Waals surface area contributed by atoms with Crippen LogP contribution in [0.15, 0.2) is 24.3 Å². The Bertz CT molecular complexity index is 177. The summed E-state index contributed by atoms with van der Waals surface area (Å²) in [6.45, 7) is 0. The first kappa shape index (κ1) is 13.5. The van der Waals surface area contributed by atoms with Crippen molar-refractivity contribution in [1.29, 1.82) is 0 Å². The molecule has 0 atom stereocenters. The van der Waals surface area contributed by atoms with E-state index < -0.39 is 0 Å². The summed E-state index contributed by atoms with van der Waals surface area (Å²) in [5, 5.41) is 0. The Hall–Kier alpha value is -0.0666. The van der Waals surface area contributed by atoms with Crippen molar-refractivity contribution in [2.24, 2.45) is 0 Å². The smallest absolute Gasteiger partial charge is 0.00395 e. The standard InChI is InChI=1S/C8H10N.ClH.Zn/c1-9(2)8-6-4-3-5-7-8;;/h3-6H,1-2H3;1H;/q-1;;. The van der Waals surface area contributed by atoms with Crippen LogP contribution < -0.4 is 4.90 Å². The van der Waals surface area contributed by atoms with Crippen LogP contribution in [0.25, 0.3) is 0 Å². The van der Waals surface area contributed by atoms with Crippen LogP contribution in [0.1, 0.15) is 0 Å². The summed E-state index contributed by atoms with van der Waals surface area (Å²) in [7, 11) is 4.01. The van der Waals surface area contributed by atoms with Crippen molar-refractivity contribution in [3.8, 4) is 0 Å². The summed E-state index contributed by atoms with van der Waals surface area (Å²) in [4.78, 5) is 2.03. The molecule has 0 aliphatic heterocycles. The molecule has 0 unspecified atom stereocenters. The molecule has 0 N–H and O–H groups in total. The first-order valence-electron chi connectivity index (χ1n) is 2.95. The van der Waals surface area contributed by atoms with Gasteiger partial charge in [-0.25, -0.2) is 0 Å². The fourth-order valence-corrected chi connectivity index (χ4v) is 0.662. The largest absolute Gasteiger partial charge is 0.400 e.